The SMILES string of the molecule is CN(C)C(=O)c1ccccc1-c1cc(N2CCOCC2)nc2c(-c3ccn[nH]3)nccc12.Cc1ccncc1-c1cc(N2CCOCC2)nc2c(-c3ccn[nH]3)nccc12.O=C(NC1CC1)c1ccc(-c2cc(N3CCOCC3)nc3c(-c4ccn[nH]4)nccc23)cc1.c1cc(-c2nccc3c(-c4ccc5cc[nH]c5c4)cc(N4CCOCC4)nc23)[nH]n1. The molecule has 1 saturated carbocycles. The van der Waals surface area contributed by atoms with E-state index in [1.54, 1.807) is 56.2 Å². The number of carbonyl (C=O) groups is 2. The Morgan fingerprint density at radius 3 is 1.21 bits per heavy atom. The average molecular weight is 1640 g/mol. The zero-order valence-corrected chi connectivity index (χ0v) is 68.1. The monoisotopic (exact) mass is 1640 g/mol. The van der Waals surface area contributed by atoms with Crippen molar-refractivity contribution >= 4 is 89.6 Å². The van der Waals surface area contributed by atoms with Gasteiger partial charge in [0.25, 0.3) is 11.8 Å². The molecule has 1 aliphatic carbocycles. The summed E-state index contributed by atoms with van der Waals surface area (Å²) in [4.78, 5) is 82.2. The molecule has 616 valence electrons. The third-order valence-corrected chi connectivity index (χ3v) is 22.6. The van der Waals surface area contributed by atoms with Crippen LogP contribution in [0.25, 0.3) is 145 Å². The van der Waals surface area contributed by atoms with E-state index in [1.165, 1.54) is 10.9 Å². The van der Waals surface area contributed by atoms with Crippen molar-refractivity contribution < 1.29 is 28.5 Å². The standard InChI is InChI=1S/C25H24N6O2.C24H24N6O2.C23H20N6O.C21H20N6O/c32-25(28-18-5-6-18)17-3-1-16(2-4-17)20-15-22(31-11-13-33-14-12-31)29-23-19(20)7-9-26-24(23)21-8-10-27-30-21;1-29(2)24(31)18-6-4-3-5-16(18)19-15-21(30-11-13-32-14-12-30)27-22-17(19)7-9-25-23(22)20-8-10-26-28-20;1-2-16(13-20-15(1)3-6-24-20)18-14-21(29-9-11-30-12-10-29)27-22-17(18)4-7-25-23(22)19-5-8-26-28-19;1-14-2-5-22-13-17(14)16-12-19(27-8-10-28-11-9-27)25-20-15(16)3-6-23-21(20)18-4-7-24-26-18/h1-4,7-10,15,18H,5-6,11-14H2,(H,27,30)(H,28,32);3-10,15H,11-14H2,1-2H3,(H,26,28);1-8,13-14,24H,9-12H2,(H,26,28);2-7,12-13H,8-11H2,1H3,(H,24,26). The highest BCUT2D eigenvalue weighted by atomic mass is 16.5. The predicted octanol–water partition coefficient (Wildman–Crippen LogP) is 13.9. The highest BCUT2D eigenvalue weighted by Crippen LogP contribution is 2.42. The molecule has 17 aromatic rings. The summed E-state index contributed by atoms with van der Waals surface area (Å²) in [5.74, 6) is 3.57. The molecule has 3 aromatic carbocycles. The lowest BCUT2D eigenvalue weighted by atomic mass is 9.95. The van der Waals surface area contributed by atoms with E-state index < -0.39 is 0 Å². The van der Waals surface area contributed by atoms with Gasteiger partial charge < -0.3 is 53.7 Å². The molecule has 0 unspecified atom stereocenters. The van der Waals surface area contributed by atoms with Crippen LogP contribution in [0.1, 0.15) is 39.1 Å². The molecule has 30 nitrogen and oxygen atoms in total. The van der Waals surface area contributed by atoms with E-state index in [4.69, 9.17) is 38.9 Å². The van der Waals surface area contributed by atoms with Gasteiger partial charge in [-0.2, -0.15) is 20.4 Å². The lowest BCUT2D eigenvalue weighted by Crippen LogP contribution is -2.36. The Labute approximate surface area is 706 Å². The van der Waals surface area contributed by atoms with Crippen LogP contribution in [-0.2, 0) is 18.9 Å². The van der Waals surface area contributed by atoms with Crippen molar-refractivity contribution in [1.29, 1.82) is 0 Å². The number of nitrogens with one attached hydrogen (secondary N) is 6. The molecule has 0 spiro atoms. The number of H-pyrrole nitrogens is 5. The number of hydrogen-bond donors (Lipinski definition) is 6. The Hall–Kier alpha value is -14.6. The molecule has 18 heterocycles. The van der Waals surface area contributed by atoms with Crippen LogP contribution in [-0.4, -0.2) is 233 Å². The molecule has 6 N–H and O–H groups in total. The molecule has 5 aliphatic rings. The number of rotatable bonds is 15. The number of pyridine rings is 9. The van der Waals surface area contributed by atoms with Gasteiger partial charge in [0, 0.05) is 184 Å². The third-order valence-electron chi connectivity index (χ3n) is 22.6. The number of aryl methyl sites for hydroxylation is 1. The van der Waals surface area contributed by atoms with Crippen LogP contribution in [0.3, 0.4) is 0 Å². The van der Waals surface area contributed by atoms with E-state index in [0.717, 1.165) is 228 Å². The summed E-state index contributed by atoms with van der Waals surface area (Å²) in [5.41, 5.74) is 21.8. The molecule has 0 atom stereocenters. The fourth-order valence-corrected chi connectivity index (χ4v) is 16.0. The van der Waals surface area contributed by atoms with Crippen LogP contribution in [0.15, 0.2) is 220 Å². The minimum Gasteiger partial charge on any atom is -0.378 e. The van der Waals surface area contributed by atoms with Crippen LogP contribution < -0.4 is 24.9 Å². The molecular weight excluding hydrogens is 1550 g/mol. The van der Waals surface area contributed by atoms with E-state index in [9.17, 15) is 9.59 Å². The number of benzene rings is 3. The molecule has 4 aliphatic heterocycles. The largest absolute Gasteiger partial charge is 0.378 e. The molecule has 30 heteroatoms. The van der Waals surface area contributed by atoms with Crippen molar-refractivity contribution in [3.63, 3.8) is 0 Å². The Bertz CT molecular complexity index is 6600. The number of aromatic amines is 5. The lowest BCUT2D eigenvalue weighted by molar-refractivity contribution is 0.0827. The molecule has 0 bridgehead atoms. The average Bonchev–Trinajstić information content (AvgIpc) is 1.22. The van der Waals surface area contributed by atoms with Gasteiger partial charge in [0.05, 0.1) is 75.6 Å². The lowest BCUT2D eigenvalue weighted by Gasteiger charge is -2.29. The van der Waals surface area contributed by atoms with Gasteiger partial charge >= 0.3 is 0 Å². The highest BCUT2D eigenvalue weighted by molar-refractivity contribution is 6.09. The summed E-state index contributed by atoms with van der Waals surface area (Å²) >= 11 is 0. The van der Waals surface area contributed by atoms with E-state index in [-0.39, 0.29) is 11.8 Å². The third kappa shape index (κ3) is 16.7. The Kier molecular flexibility index (Phi) is 22.5. The summed E-state index contributed by atoms with van der Waals surface area (Å²) in [6.07, 6.45) is 22.0. The first-order chi connectivity index (χ1) is 60.6. The molecule has 2 amide bonds. The van der Waals surface area contributed by atoms with Gasteiger partial charge in [-0.15, -0.1) is 0 Å². The van der Waals surface area contributed by atoms with E-state index in [2.05, 4.69) is 151 Å². The van der Waals surface area contributed by atoms with Gasteiger partial charge in [0.1, 0.15) is 68.1 Å². The number of morpholine rings is 4. The number of fused-ring (bicyclic) bond motifs is 5. The maximum atomic E-state index is 13.0. The predicted molar refractivity (Wildman–Crippen MR) is 475 cm³/mol. The fourth-order valence-electron chi connectivity index (χ4n) is 16.0. The van der Waals surface area contributed by atoms with Crippen molar-refractivity contribution in [1.82, 2.24) is 101 Å². The van der Waals surface area contributed by atoms with Gasteiger partial charge in [-0.3, -0.25) is 54.9 Å². The first-order valence-corrected chi connectivity index (χ1v) is 41.3. The molecule has 4 saturated heterocycles. The summed E-state index contributed by atoms with van der Waals surface area (Å²) in [6.45, 7) is 14.0. The molecular formula is C93H88N24O6. The van der Waals surface area contributed by atoms with Gasteiger partial charge in [-0.25, -0.2) is 19.9 Å². The molecule has 14 aromatic heterocycles. The zero-order chi connectivity index (χ0) is 83.1. The first-order valence-electron chi connectivity index (χ1n) is 41.3. The van der Waals surface area contributed by atoms with Gasteiger partial charge in [-0.05, 0) is 179 Å². The minimum absolute atomic E-state index is 0.0108. The van der Waals surface area contributed by atoms with Crippen molar-refractivity contribution in [2.45, 2.75) is 25.8 Å². The van der Waals surface area contributed by atoms with E-state index >= 15 is 0 Å². The topological polar surface area (TPSA) is 346 Å². The van der Waals surface area contributed by atoms with Crippen molar-refractivity contribution in [3.8, 4) is 90.1 Å². The summed E-state index contributed by atoms with van der Waals surface area (Å²) in [6, 6.07) is 50.7. The van der Waals surface area contributed by atoms with E-state index in [0.29, 0.717) is 70.0 Å². The number of amides is 2. The normalized spacial score (nSPS) is 14.9. The first kappa shape index (κ1) is 78.3. The maximum Gasteiger partial charge on any atom is 0.253 e. The second-order valence-electron chi connectivity index (χ2n) is 30.7. The number of carbonyl (C=O) groups excluding carboxylic acids is 2. The number of nitrogens with zero attached hydrogens (tertiary/aromatic N) is 18. The molecule has 0 radical (unpaired) electrons. The van der Waals surface area contributed by atoms with Crippen molar-refractivity contribution in [3.05, 3.63) is 237 Å². The molecule has 22 rings (SSSR count). The van der Waals surface area contributed by atoms with Crippen molar-refractivity contribution in [2.75, 3.05) is 139 Å². The quantitative estimate of drug-likeness (QED) is 0.0555. The van der Waals surface area contributed by atoms with Crippen molar-refractivity contribution in [2.24, 2.45) is 0 Å². The fraction of sp³-hybridized carbons (Fsp3) is 0.237. The second-order valence-corrected chi connectivity index (χ2v) is 30.7. The smallest absolute Gasteiger partial charge is 0.253 e. The van der Waals surface area contributed by atoms with Gasteiger partial charge in [0.15, 0.2) is 0 Å². The minimum atomic E-state index is -0.0404. The number of aromatic nitrogens is 18. The van der Waals surface area contributed by atoms with E-state index in [1.807, 2.05) is 134 Å². The van der Waals surface area contributed by atoms with Crippen LogP contribution in [0.5, 0.6) is 0 Å². The van der Waals surface area contributed by atoms with Gasteiger partial charge in [0.2, 0.25) is 0 Å². The Morgan fingerprint density at radius 1 is 0.407 bits per heavy atom. The molecule has 123 heavy (non-hydrogen) atoms. The second kappa shape index (κ2) is 35.4. The highest BCUT2D eigenvalue weighted by Gasteiger charge is 2.28. The number of ether oxygens (including phenoxy) is 4. The Balaban J connectivity index is 0.000000108. The maximum absolute atomic E-state index is 13.0. The van der Waals surface area contributed by atoms with Crippen LogP contribution in [0.2, 0.25) is 0 Å². The summed E-state index contributed by atoms with van der Waals surface area (Å²) in [5, 5.41) is 36.7. The van der Waals surface area contributed by atoms with Crippen LogP contribution in [0, 0.1) is 6.92 Å². The summed E-state index contributed by atoms with van der Waals surface area (Å²) in [7, 11) is 3.53. The Morgan fingerprint density at radius 2 is 0.805 bits per heavy atom. The summed E-state index contributed by atoms with van der Waals surface area (Å²) < 4.78 is 22.1. The number of hydrogen-bond acceptors (Lipinski definition) is 23. The van der Waals surface area contributed by atoms with Gasteiger partial charge in [-0.1, -0.05) is 42.5 Å². The van der Waals surface area contributed by atoms with Crippen LogP contribution >= 0.6 is 0 Å². The zero-order valence-electron chi connectivity index (χ0n) is 68.1. The molecule has 5 fully saturated rings. The number of anilines is 4. The van der Waals surface area contributed by atoms with Crippen LogP contribution in [0.4, 0.5) is 23.3 Å².